The summed E-state index contributed by atoms with van der Waals surface area (Å²) >= 11 is 11.7. The highest BCUT2D eigenvalue weighted by molar-refractivity contribution is 6.32. The summed E-state index contributed by atoms with van der Waals surface area (Å²) in [5.41, 5.74) is 6.25. The second-order valence-electron chi connectivity index (χ2n) is 2.99. The first-order valence-corrected chi connectivity index (χ1v) is 5.00. The van der Waals surface area contributed by atoms with Crippen LogP contribution in [0, 0.1) is 0 Å². The molecular weight excluding hydrogens is 235 g/mol. The first-order chi connectivity index (χ1) is 7.16. The van der Waals surface area contributed by atoms with Crippen molar-refractivity contribution >= 4 is 29.0 Å². The van der Waals surface area contributed by atoms with Gasteiger partial charge in [-0.3, -0.25) is 9.67 Å². The number of halogens is 2. The third-order valence-corrected chi connectivity index (χ3v) is 2.53. The van der Waals surface area contributed by atoms with Gasteiger partial charge in [0.25, 0.3) is 0 Å². The number of anilines is 1. The molecule has 0 fully saturated rings. The second-order valence-corrected chi connectivity index (χ2v) is 3.81. The van der Waals surface area contributed by atoms with E-state index in [4.69, 9.17) is 28.9 Å². The average molecular weight is 243 g/mol. The number of nitrogen functional groups attached to an aromatic ring is 1. The Labute approximate surface area is 96.6 Å². The molecule has 0 aliphatic rings. The van der Waals surface area contributed by atoms with Gasteiger partial charge in [0, 0.05) is 12.4 Å². The molecule has 0 radical (unpaired) electrons. The van der Waals surface area contributed by atoms with Crippen molar-refractivity contribution in [3.05, 3.63) is 40.3 Å². The number of hydrogen-bond donors (Lipinski definition) is 1. The van der Waals surface area contributed by atoms with Crippen molar-refractivity contribution in [2.24, 2.45) is 0 Å². The maximum atomic E-state index is 5.95. The SMILES string of the molecule is Nc1nn(Cc2ncccc2Cl)cc1Cl. The van der Waals surface area contributed by atoms with E-state index in [1.165, 1.54) is 0 Å². The molecule has 0 spiro atoms. The first kappa shape index (κ1) is 10.3. The summed E-state index contributed by atoms with van der Waals surface area (Å²) in [7, 11) is 0. The summed E-state index contributed by atoms with van der Waals surface area (Å²) in [6.45, 7) is 0.455. The van der Waals surface area contributed by atoms with Gasteiger partial charge in [-0.25, -0.2) is 0 Å². The lowest BCUT2D eigenvalue weighted by atomic mass is 10.3. The van der Waals surface area contributed by atoms with Crippen LogP contribution in [0.25, 0.3) is 0 Å². The number of pyridine rings is 1. The largest absolute Gasteiger partial charge is 0.381 e. The van der Waals surface area contributed by atoms with E-state index in [1.54, 1.807) is 29.2 Å². The van der Waals surface area contributed by atoms with E-state index in [-0.39, 0.29) is 0 Å². The van der Waals surface area contributed by atoms with Crippen LogP contribution in [0.15, 0.2) is 24.5 Å². The Balaban J connectivity index is 2.26. The fraction of sp³-hybridized carbons (Fsp3) is 0.111. The average Bonchev–Trinajstić information content (AvgIpc) is 2.50. The van der Waals surface area contributed by atoms with Crippen molar-refractivity contribution in [2.75, 3.05) is 5.73 Å². The Kier molecular flexibility index (Phi) is 2.79. The van der Waals surface area contributed by atoms with E-state index >= 15 is 0 Å². The van der Waals surface area contributed by atoms with Crippen molar-refractivity contribution in [1.82, 2.24) is 14.8 Å². The quantitative estimate of drug-likeness (QED) is 0.879. The van der Waals surface area contributed by atoms with Crippen LogP contribution in [0.5, 0.6) is 0 Å². The lowest BCUT2D eigenvalue weighted by Gasteiger charge is -2.02. The van der Waals surface area contributed by atoms with Gasteiger partial charge in [0.15, 0.2) is 5.82 Å². The van der Waals surface area contributed by atoms with Crippen LogP contribution >= 0.6 is 23.2 Å². The third kappa shape index (κ3) is 2.22. The molecule has 0 atom stereocenters. The zero-order chi connectivity index (χ0) is 10.8. The third-order valence-electron chi connectivity index (χ3n) is 1.89. The lowest BCUT2D eigenvalue weighted by Crippen LogP contribution is -2.03. The van der Waals surface area contributed by atoms with Crippen LogP contribution < -0.4 is 5.73 Å². The van der Waals surface area contributed by atoms with Crippen LogP contribution in [-0.2, 0) is 6.54 Å². The maximum absolute atomic E-state index is 5.95. The monoisotopic (exact) mass is 242 g/mol. The second kappa shape index (κ2) is 4.08. The highest BCUT2D eigenvalue weighted by atomic mass is 35.5. The fourth-order valence-corrected chi connectivity index (χ4v) is 1.51. The molecule has 2 rings (SSSR count). The molecule has 0 bridgehead atoms. The lowest BCUT2D eigenvalue weighted by molar-refractivity contribution is 0.676. The van der Waals surface area contributed by atoms with Crippen LogP contribution in [-0.4, -0.2) is 14.8 Å². The van der Waals surface area contributed by atoms with E-state index < -0.39 is 0 Å². The molecule has 0 amide bonds. The van der Waals surface area contributed by atoms with Crippen molar-refractivity contribution in [2.45, 2.75) is 6.54 Å². The Morgan fingerprint density at radius 1 is 1.33 bits per heavy atom. The molecule has 0 aliphatic heterocycles. The molecule has 0 unspecified atom stereocenters. The summed E-state index contributed by atoms with van der Waals surface area (Å²) in [6, 6.07) is 3.55. The number of nitrogens with zero attached hydrogens (tertiary/aromatic N) is 3. The molecule has 2 heterocycles. The summed E-state index contributed by atoms with van der Waals surface area (Å²) < 4.78 is 1.60. The van der Waals surface area contributed by atoms with Gasteiger partial charge < -0.3 is 5.73 Å². The van der Waals surface area contributed by atoms with Crippen molar-refractivity contribution < 1.29 is 0 Å². The van der Waals surface area contributed by atoms with Gasteiger partial charge in [-0.15, -0.1) is 0 Å². The van der Waals surface area contributed by atoms with Crippen LogP contribution in [0.3, 0.4) is 0 Å². The summed E-state index contributed by atoms with van der Waals surface area (Å²) in [5.74, 6) is 0.309. The predicted molar refractivity (Wildman–Crippen MR) is 60.0 cm³/mol. The van der Waals surface area contributed by atoms with E-state index in [0.29, 0.717) is 22.4 Å². The molecule has 4 nitrogen and oxygen atoms in total. The Bertz CT molecular complexity index is 461. The zero-order valence-electron chi connectivity index (χ0n) is 7.69. The summed E-state index contributed by atoms with van der Waals surface area (Å²) in [4.78, 5) is 4.14. The topological polar surface area (TPSA) is 56.7 Å². The van der Waals surface area contributed by atoms with Crippen molar-refractivity contribution in [3.63, 3.8) is 0 Å². The fourth-order valence-electron chi connectivity index (χ4n) is 1.18. The minimum Gasteiger partial charge on any atom is -0.381 e. The molecule has 2 aromatic rings. The Morgan fingerprint density at radius 2 is 2.13 bits per heavy atom. The molecule has 15 heavy (non-hydrogen) atoms. The molecule has 0 aromatic carbocycles. The minimum atomic E-state index is 0.309. The highest BCUT2D eigenvalue weighted by Gasteiger charge is 2.06. The maximum Gasteiger partial charge on any atom is 0.164 e. The van der Waals surface area contributed by atoms with Crippen LogP contribution in [0.4, 0.5) is 5.82 Å². The highest BCUT2D eigenvalue weighted by Crippen LogP contribution is 2.18. The van der Waals surface area contributed by atoms with Gasteiger partial charge in [-0.05, 0) is 12.1 Å². The standard InChI is InChI=1S/C9H8Cl2N4/c10-6-2-1-3-13-8(6)5-15-4-7(11)9(12)14-15/h1-4H,5H2,(H2,12,14). The van der Waals surface area contributed by atoms with Crippen molar-refractivity contribution in [1.29, 1.82) is 0 Å². The molecule has 0 saturated carbocycles. The van der Waals surface area contributed by atoms with Gasteiger partial charge in [0.05, 0.1) is 17.3 Å². The molecule has 2 N–H and O–H groups in total. The van der Waals surface area contributed by atoms with E-state index in [1.807, 2.05) is 0 Å². The summed E-state index contributed by atoms with van der Waals surface area (Å²) in [6.07, 6.45) is 3.32. The smallest absolute Gasteiger partial charge is 0.164 e. The van der Waals surface area contributed by atoms with Gasteiger partial charge in [-0.1, -0.05) is 23.2 Å². The molecule has 2 aromatic heterocycles. The number of rotatable bonds is 2. The van der Waals surface area contributed by atoms with E-state index in [2.05, 4.69) is 10.1 Å². The predicted octanol–water partition coefficient (Wildman–Crippen LogP) is 2.22. The molecule has 6 heteroatoms. The van der Waals surface area contributed by atoms with Crippen LogP contribution in [0.2, 0.25) is 10.0 Å². The Morgan fingerprint density at radius 3 is 2.73 bits per heavy atom. The van der Waals surface area contributed by atoms with Gasteiger partial charge in [-0.2, -0.15) is 5.10 Å². The number of aromatic nitrogens is 3. The molecule has 0 aliphatic carbocycles. The van der Waals surface area contributed by atoms with Crippen LogP contribution in [0.1, 0.15) is 5.69 Å². The minimum absolute atomic E-state index is 0.309. The zero-order valence-corrected chi connectivity index (χ0v) is 9.20. The first-order valence-electron chi connectivity index (χ1n) is 4.24. The number of nitrogens with two attached hydrogens (primary N) is 1. The molecular formula is C9H8Cl2N4. The summed E-state index contributed by atoms with van der Waals surface area (Å²) in [5, 5.41) is 5.04. The molecule has 78 valence electrons. The van der Waals surface area contributed by atoms with Gasteiger partial charge >= 0.3 is 0 Å². The van der Waals surface area contributed by atoms with E-state index in [9.17, 15) is 0 Å². The molecule has 0 saturated heterocycles. The number of hydrogen-bond acceptors (Lipinski definition) is 3. The normalized spacial score (nSPS) is 10.5. The van der Waals surface area contributed by atoms with Gasteiger partial charge in [0.1, 0.15) is 5.02 Å². The van der Waals surface area contributed by atoms with Gasteiger partial charge in [0.2, 0.25) is 0 Å². The van der Waals surface area contributed by atoms with E-state index in [0.717, 1.165) is 5.69 Å². The van der Waals surface area contributed by atoms with Crippen molar-refractivity contribution in [3.8, 4) is 0 Å². The Hall–Kier alpha value is -1.26.